The first-order chi connectivity index (χ1) is 7.58. The summed E-state index contributed by atoms with van der Waals surface area (Å²) in [7, 11) is 1.54. The molecule has 1 atom stereocenters. The van der Waals surface area contributed by atoms with Crippen molar-refractivity contribution in [3.63, 3.8) is 0 Å². The Morgan fingerprint density at radius 1 is 1.25 bits per heavy atom. The van der Waals surface area contributed by atoms with Crippen molar-refractivity contribution in [2.45, 2.75) is 23.5 Å². The molecule has 0 bridgehead atoms. The maximum Gasteiger partial charge on any atom is 0.242 e. The number of thioether (sulfide) groups is 1. The normalized spacial score (nSPS) is 20.6. The van der Waals surface area contributed by atoms with Gasteiger partial charge in [-0.1, -0.05) is 17.7 Å². The molecule has 1 unspecified atom stereocenters. The monoisotopic (exact) mass is 235 g/mol. The fourth-order valence-corrected chi connectivity index (χ4v) is 2.70. The molecule has 2 amide bonds. The Kier molecular flexibility index (Phi) is 3.01. The molecule has 1 aromatic carbocycles. The highest BCUT2D eigenvalue weighted by molar-refractivity contribution is 8.00. The van der Waals surface area contributed by atoms with E-state index < -0.39 is 0 Å². The van der Waals surface area contributed by atoms with Gasteiger partial charge in [0.15, 0.2) is 0 Å². The average Bonchev–Trinajstić information content (AvgIpc) is 2.50. The van der Waals surface area contributed by atoms with Gasteiger partial charge in [0, 0.05) is 18.4 Å². The third-order valence-electron chi connectivity index (χ3n) is 2.64. The van der Waals surface area contributed by atoms with Gasteiger partial charge >= 0.3 is 0 Å². The summed E-state index contributed by atoms with van der Waals surface area (Å²) in [6, 6.07) is 7.98. The molecule has 1 saturated heterocycles. The van der Waals surface area contributed by atoms with E-state index >= 15 is 0 Å². The second-order valence-electron chi connectivity index (χ2n) is 3.91. The van der Waals surface area contributed by atoms with Gasteiger partial charge in [-0.3, -0.25) is 14.5 Å². The third-order valence-corrected chi connectivity index (χ3v) is 3.84. The number of aryl methyl sites for hydroxylation is 1. The highest BCUT2D eigenvalue weighted by Gasteiger charge is 2.36. The van der Waals surface area contributed by atoms with Crippen molar-refractivity contribution in [1.29, 1.82) is 0 Å². The van der Waals surface area contributed by atoms with E-state index in [9.17, 15) is 9.59 Å². The van der Waals surface area contributed by atoms with Gasteiger partial charge in [0.2, 0.25) is 11.8 Å². The smallest absolute Gasteiger partial charge is 0.242 e. The number of hydrogen-bond donors (Lipinski definition) is 0. The first kappa shape index (κ1) is 11.2. The molecule has 1 heterocycles. The van der Waals surface area contributed by atoms with Crippen LogP contribution in [-0.4, -0.2) is 29.0 Å². The van der Waals surface area contributed by atoms with Gasteiger partial charge in [0.25, 0.3) is 0 Å². The van der Waals surface area contributed by atoms with Crippen molar-refractivity contribution in [2.75, 3.05) is 7.05 Å². The predicted molar refractivity (Wildman–Crippen MR) is 63.2 cm³/mol. The lowest BCUT2D eigenvalue weighted by Crippen LogP contribution is -2.26. The largest absolute Gasteiger partial charge is 0.285 e. The summed E-state index contributed by atoms with van der Waals surface area (Å²) >= 11 is 1.46. The minimum absolute atomic E-state index is 0.0874. The first-order valence-electron chi connectivity index (χ1n) is 5.11. The number of amides is 2. The molecule has 4 heteroatoms. The van der Waals surface area contributed by atoms with Gasteiger partial charge in [-0.15, -0.1) is 11.8 Å². The highest BCUT2D eigenvalue weighted by Crippen LogP contribution is 2.30. The molecule has 0 aliphatic carbocycles. The molecule has 1 aliphatic rings. The van der Waals surface area contributed by atoms with E-state index in [2.05, 4.69) is 0 Å². The molecule has 3 nitrogen and oxygen atoms in total. The molecule has 0 aromatic heterocycles. The van der Waals surface area contributed by atoms with Gasteiger partial charge in [0.05, 0.1) is 5.25 Å². The minimum atomic E-state index is -0.250. The lowest BCUT2D eigenvalue weighted by atomic mass is 10.2. The van der Waals surface area contributed by atoms with Crippen molar-refractivity contribution in [2.24, 2.45) is 0 Å². The molecule has 0 spiro atoms. The molecule has 1 fully saturated rings. The summed E-state index contributed by atoms with van der Waals surface area (Å²) in [5, 5.41) is -0.250. The molecule has 0 radical (unpaired) electrons. The minimum Gasteiger partial charge on any atom is -0.285 e. The van der Waals surface area contributed by atoms with E-state index in [1.807, 2.05) is 31.2 Å². The van der Waals surface area contributed by atoms with E-state index in [0.717, 1.165) is 4.90 Å². The lowest BCUT2D eigenvalue weighted by Gasteiger charge is -2.08. The van der Waals surface area contributed by atoms with Crippen LogP contribution in [0.3, 0.4) is 0 Å². The molecule has 1 aliphatic heterocycles. The van der Waals surface area contributed by atoms with Gasteiger partial charge in [-0.05, 0) is 19.1 Å². The van der Waals surface area contributed by atoms with Crippen LogP contribution in [0.15, 0.2) is 29.2 Å². The number of nitrogens with zero attached hydrogens (tertiary/aromatic N) is 1. The van der Waals surface area contributed by atoms with Crippen molar-refractivity contribution in [3.8, 4) is 0 Å². The molecular formula is C12H13NO2S. The number of likely N-dealkylation sites (tertiary alicyclic amines) is 1. The number of benzene rings is 1. The molecule has 0 N–H and O–H groups in total. The maximum atomic E-state index is 11.7. The Hall–Kier alpha value is -1.29. The number of rotatable bonds is 2. The second kappa shape index (κ2) is 4.29. The summed E-state index contributed by atoms with van der Waals surface area (Å²) in [5.74, 6) is -0.176. The SMILES string of the molecule is Cc1ccc(SC2CC(=O)N(C)C2=O)cc1. The van der Waals surface area contributed by atoms with Crippen molar-refractivity contribution in [1.82, 2.24) is 4.90 Å². The zero-order valence-electron chi connectivity index (χ0n) is 9.27. The van der Waals surface area contributed by atoms with E-state index in [4.69, 9.17) is 0 Å². The zero-order chi connectivity index (χ0) is 11.7. The molecular weight excluding hydrogens is 222 g/mol. The van der Waals surface area contributed by atoms with E-state index in [0.29, 0.717) is 6.42 Å². The summed E-state index contributed by atoms with van der Waals surface area (Å²) < 4.78 is 0. The van der Waals surface area contributed by atoms with Crippen LogP contribution in [0.25, 0.3) is 0 Å². The van der Waals surface area contributed by atoms with E-state index in [1.165, 1.54) is 22.2 Å². The van der Waals surface area contributed by atoms with Crippen LogP contribution >= 0.6 is 11.8 Å². The summed E-state index contributed by atoms with van der Waals surface area (Å²) in [4.78, 5) is 25.3. The fourth-order valence-electron chi connectivity index (χ4n) is 1.59. The fraction of sp³-hybridized carbons (Fsp3) is 0.333. The van der Waals surface area contributed by atoms with Crippen LogP contribution in [0.1, 0.15) is 12.0 Å². The Bertz CT molecular complexity index is 427. The number of hydrogen-bond acceptors (Lipinski definition) is 3. The number of carbonyl (C=O) groups excluding carboxylic acids is 2. The van der Waals surface area contributed by atoms with Gasteiger partial charge in [-0.25, -0.2) is 0 Å². The van der Waals surface area contributed by atoms with Crippen LogP contribution in [0.4, 0.5) is 0 Å². The Morgan fingerprint density at radius 2 is 1.88 bits per heavy atom. The van der Waals surface area contributed by atoms with Crippen LogP contribution in [-0.2, 0) is 9.59 Å². The van der Waals surface area contributed by atoms with Crippen molar-refractivity contribution in [3.05, 3.63) is 29.8 Å². The molecule has 0 saturated carbocycles. The molecule has 1 aromatic rings. The topological polar surface area (TPSA) is 37.4 Å². The van der Waals surface area contributed by atoms with E-state index in [-0.39, 0.29) is 17.1 Å². The van der Waals surface area contributed by atoms with Crippen molar-refractivity contribution >= 4 is 23.6 Å². The maximum absolute atomic E-state index is 11.7. The standard InChI is InChI=1S/C12H13NO2S/c1-8-3-5-9(6-4-8)16-10-7-11(14)13(2)12(10)15/h3-6,10H,7H2,1-2H3. The molecule has 16 heavy (non-hydrogen) atoms. The van der Waals surface area contributed by atoms with Crippen LogP contribution < -0.4 is 0 Å². The average molecular weight is 235 g/mol. The van der Waals surface area contributed by atoms with Gasteiger partial charge < -0.3 is 0 Å². The van der Waals surface area contributed by atoms with Gasteiger partial charge in [-0.2, -0.15) is 0 Å². The van der Waals surface area contributed by atoms with Crippen LogP contribution in [0.5, 0.6) is 0 Å². The zero-order valence-corrected chi connectivity index (χ0v) is 10.1. The summed E-state index contributed by atoms with van der Waals surface area (Å²) in [6.45, 7) is 2.02. The molecule has 84 valence electrons. The van der Waals surface area contributed by atoms with Crippen LogP contribution in [0.2, 0.25) is 0 Å². The Morgan fingerprint density at radius 3 is 2.38 bits per heavy atom. The first-order valence-corrected chi connectivity index (χ1v) is 5.99. The Balaban J connectivity index is 2.09. The summed E-state index contributed by atoms with van der Waals surface area (Å²) in [5.41, 5.74) is 1.19. The second-order valence-corrected chi connectivity index (χ2v) is 5.19. The Labute approximate surface area is 98.8 Å². The number of carbonyl (C=O) groups is 2. The quantitative estimate of drug-likeness (QED) is 0.734. The summed E-state index contributed by atoms with van der Waals surface area (Å²) in [6.07, 6.45) is 0.313. The van der Waals surface area contributed by atoms with Crippen molar-refractivity contribution < 1.29 is 9.59 Å². The number of imide groups is 1. The van der Waals surface area contributed by atoms with Gasteiger partial charge in [0.1, 0.15) is 0 Å². The highest BCUT2D eigenvalue weighted by atomic mass is 32.2. The van der Waals surface area contributed by atoms with Crippen LogP contribution in [0, 0.1) is 6.92 Å². The predicted octanol–water partition coefficient (Wildman–Crippen LogP) is 1.84. The lowest BCUT2D eigenvalue weighted by molar-refractivity contribution is -0.136. The van der Waals surface area contributed by atoms with E-state index in [1.54, 1.807) is 7.05 Å². The molecule has 2 rings (SSSR count). The third kappa shape index (κ3) is 2.11.